The fraction of sp³-hybridized carbons (Fsp3) is 0.133. The molecule has 3 nitrogen and oxygen atoms in total. The van der Waals surface area contributed by atoms with Crippen molar-refractivity contribution >= 4 is 45.8 Å². The average molecular weight is 342 g/mol. The highest BCUT2D eigenvalue weighted by Gasteiger charge is 2.16. The van der Waals surface area contributed by atoms with Gasteiger partial charge in [0.15, 0.2) is 0 Å². The Morgan fingerprint density at radius 1 is 1.19 bits per heavy atom. The van der Waals surface area contributed by atoms with Crippen LogP contribution in [0.2, 0.25) is 10.0 Å². The Hall–Kier alpha value is -1.42. The van der Waals surface area contributed by atoms with Gasteiger partial charge in [-0.2, -0.15) is 0 Å². The van der Waals surface area contributed by atoms with Gasteiger partial charge in [-0.3, -0.25) is 4.57 Å². The summed E-state index contributed by atoms with van der Waals surface area (Å²) in [4.78, 5) is 4.56. The molecule has 3 aromatic rings. The highest BCUT2D eigenvalue weighted by atomic mass is 35.5. The summed E-state index contributed by atoms with van der Waals surface area (Å²) in [5.74, 6) is 1.65. The number of ether oxygens (including phenoxy) is 1. The van der Waals surface area contributed by atoms with Gasteiger partial charge in [0.05, 0.1) is 29.2 Å². The molecule has 108 valence electrons. The second kappa shape index (κ2) is 5.76. The minimum absolute atomic E-state index is 0.261. The zero-order chi connectivity index (χ0) is 15.0. The number of rotatable bonds is 3. The second-order valence-corrected chi connectivity index (χ2v) is 5.53. The maximum Gasteiger partial charge on any atom is 0.146 e. The summed E-state index contributed by atoms with van der Waals surface area (Å²) in [6, 6.07) is 11.0. The van der Waals surface area contributed by atoms with Gasteiger partial charge >= 0.3 is 0 Å². The fourth-order valence-electron chi connectivity index (χ4n) is 2.31. The maximum atomic E-state index is 6.32. The van der Waals surface area contributed by atoms with Crippen LogP contribution in [0.25, 0.3) is 16.7 Å². The standard InChI is InChI=1S/C15H11Cl3N2O/c1-21-13-4-2-3-12-15(13)19-14(8-16)20(12)11-6-5-9(17)7-10(11)18/h2-7H,8H2,1H3. The first-order chi connectivity index (χ1) is 10.2. The van der Waals surface area contributed by atoms with Crippen LogP contribution in [0, 0.1) is 0 Å². The van der Waals surface area contributed by atoms with E-state index in [1.165, 1.54) is 0 Å². The molecule has 0 bridgehead atoms. The molecule has 0 atom stereocenters. The molecule has 6 heteroatoms. The van der Waals surface area contributed by atoms with Crippen LogP contribution >= 0.6 is 34.8 Å². The summed E-state index contributed by atoms with van der Waals surface area (Å²) in [7, 11) is 1.61. The maximum absolute atomic E-state index is 6.32. The molecule has 21 heavy (non-hydrogen) atoms. The van der Waals surface area contributed by atoms with E-state index in [1.54, 1.807) is 19.2 Å². The topological polar surface area (TPSA) is 27.1 Å². The number of alkyl halides is 1. The lowest BCUT2D eigenvalue weighted by atomic mass is 10.2. The van der Waals surface area contributed by atoms with Gasteiger partial charge in [-0.15, -0.1) is 11.6 Å². The summed E-state index contributed by atoms with van der Waals surface area (Å²) >= 11 is 18.3. The SMILES string of the molecule is COc1cccc2c1nc(CCl)n2-c1ccc(Cl)cc1Cl. The Morgan fingerprint density at radius 2 is 2.00 bits per heavy atom. The van der Waals surface area contributed by atoms with Gasteiger partial charge in [0.2, 0.25) is 0 Å². The quantitative estimate of drug-likeness (QED) is 0.621. The van der Waals surface area contributed by atoms with E-state index in [0.717, 1.165) is 16.7 Å². The molecule has 3 rings (SSSR count). The largest absolute Gasteiger partial charge is 0.494 e. The van der Waals surface area contributed by atoms with E-state index in [2.05, 4.69) is 4.98 Å². The van der Waals surface area contributed by atoms with Gasteiger partial charge in [-0.1, -0.05) is 29.3 Å². The van der Waals surface area contributed by atoms with E-state index in [-0.39, 0.29) is 5.88 Å². The van der Waals surface area contributed by atoms with Crippen molar-refractivity contribution in [1.82, 2.24) is 9.55 Å². The molecule has 0 aliphatic heterocycles. The first kappa shape index (κ1) is 14.5. The van der Waals surface area contributed by atoms with Crippen LogP contribution in [0.4, 0.5) is 0 Å². The number of methoxy groups -OCH3 is 1. The highest BCUT2D eigenvalue weighted by Crippen LogP contribution is 2.32. The van der Waals surface area contributed by atoms with Crippen LogP contribution in [-0.2, 0) is 5.88 Å². The van der Waals surface area contributed by atoms with Gasteiger partial charge in [0.1, 0.15) is 17.1 Å². The number of hydrogen-bond acceptors (Lipinski definition) is 2. The van der Waals surface area contributed by atoms with E-state index < -0.39 is 0 Å². The molecule has 0 amide bonds. The summed E-state index contributed by atoms with van der Waals surface area (Å²) in [6.07, 6.45) is 0. The molecule has 0 fully saturated rings. The zero-order valence-corrected chi connectivity index (χ0v) is 13.4. The van der Waals surface area contributed by atoms with Crippen molar-refractivity contribution in [3.8, 4) is 11.4 Å². The summed E-state index contributed by atoms with van der Waals surface area (Å²) in [5, 5.41) is 1.12. The number of nitrogens with zero attached hydrogens (tertiary/aromatic N) is 2. The average Bonchev–Trinajstić information content (AvgIpc) is 2.85. The van der Waals surface area contributed by atoms with Crippen molar-refractivity contribution in [3.63, 3.8) is 0 Å². The lowest BCUT2D eigenvalue weighted by molar-refractivity contribution is 0.419. The number of imidazole rings is 1. The molecule has 1 aromatic heterocycles. The molecule has 0 spiro atoms. The molecule has 1 heterocycles. The Balaban J connectivity index is 2.35. The fourth-order valence-corrected chi connectivity index (χ4v) is 2.98. The van der Waals surface area contributed by atoms with Crippen molar-refractivity contribution in [1.29, 1.82) is 0 Å². The Labute approximate surface area is 137 Å². The van der Waals surface area contributed by atoms with Crippen LogP contribution in [-0.4, -0.2) is 16.7 Å². The molecule has 0 aliphatic carbocycles. The van der Waals surface area contributed by atoms with Gasteiger partial charge in [-0.25, -0.2) is 4.98 Å². The number of fused-ring (bicyclic) bond motifs is 1. The second-order valence-electron chi connectivity index (χ2n) is 4.42. The Morgan fingerprint density at radius 3 is 2.67 bits per heavy atom. The third-order valence-electron chi connectivity index (χ3n) is 3.21. The third-order valence-corrected chi connectivity index (χ3v) is 3.98. The number of benzene rings is 2. The zero-order valence-electron chi connectivity index (χ0n) is 11.1. The third kappa shape index (κ3) is 2.46. The smallest absolute Gasteiger partial charge is 0.146 e. The van der Waals surface area contributed by atoms with E-state index in [0.29, 0.717) is 21.6 Å². The Kier molecular flexibility index (Phi) is 3.98. The van der Waals surface area contributed by atoms with Crippen LogP contribution in [0.3, 0.4) is 0 Å². The van der Waals surface area contributed by atoms with Crippen molar-refractivity contribution in [3.05, 3.63) is 52.3 Å². The molecular weight excluding hydrogens is 331 g/mol. The van der Waals surface area contributed by atoms with Crippen LogP contribution in [0.15, 0.2) is 36.4 Å². The first-order valence-electron chi connectivity index (χ1n) is 6.21. The minimum Gasteiger partial charge on any atom is -0.494 e. The van der Waals surface area contributed by atoms with E-state index in [9.17, 15) is 0 Å². The minimum atomic E-state index is 0.261. The molecular formula is C15H11Cl3N2O. The molecule has 0 unspecified atom stereocenters. The lowest BCUT2D eigenvalue weighted by Crippen LogP contribution is -2.00. The van der Waals surface area contributed by atoms with Crippen molar-refractivity contribution in [2.45, 2.75) is 5.88 Å². The molecule has 0 saturated heterocycles. The van der Waals surface area contributed by atoms with Crippen LogP contribution in [0.5, 0.6) is 5.75 Å². The normalized spacial score (nSPS) is 11.0. The van der Waals surface area contributed by atoms with E-state index >= 15 is 0 Å². The molecule has 2 aromatic carbocycles. The number of para-hydroxylation sites is 1. The summed E-state index contributed by atoms with van der Waals surface area (Å²) < 4.78 is 7.27. The number of hydrogen-bond donors (Lipinski definition) is 0. The van der Waals surface area contributed by atoms with Crippen LogP contribution < -0.4 is 4.74 Å². The predicted octanol–water partition coefficient (Wildman–Crippen LogP) is 5.08. The van der Waals surface area contributed by atoms with Crippen molar-refractivity contribution < 1.29 is 4.74 Å². The van der Waals surface area contributed by atoms with Crippen molar-refractivity contribution in [2.75, 3.05) is 7.11 Å². The lowest BCUT2D eigenvalue weighted by Gasteiger charge is -2.10. The first-order valence-corrected chi connectivity index (χ1v) is 7.50. The van der Waals surface area contributed by atoms with Gasteiger partial charge in [0.25, 0.3) is 0 Å². The van der Waals surface area contributed by atoms with Crippen LogP contribution in [0.1, 0.15) is 5.82 Å². The summed E-state index contributed by atoms with van der Waals surface area (Å²) in [6.45, 7) is 0. The highest BCUT2D eigenvalue weighted by molar-refractivity contribution is 6.35. The van der Waals surface area contributed by atoms with Gasteiger partial charge in [-0.05, 0) is 30.3 Å². The van der Waals surface area contributed by atoms with Gasteiger partial charge in [0, 0.05) is 5.02 Å². The van der Waals surface area contributed by atoms with E-state index in [1.807, 2.05) is 28.8 Å². The van der Waals surface area contributed by atoms with Gasteiger partial charge < -0.3 is 4.74 Å². The monoisotopic (exact) mass is 340 g/mol. The molecule has 0 N–H and O–H groups in total. The number of aromatic nitrogens is 2. The summed E-state index contributed by atoms with van der Waals surface area (Å²) in [5.41, 5.74) is 2.42. The molecule has 0 aliphatic rings. The van der Waals surface area contributed by atoms with E-state index in [4.69, 9.17) is 39.5 Å². The van der Waals surface area contributed by atoms with Crippen molar-refractivity contribution in [2.24, 2.45) is 0 Å². The molecule has 0 saturated carbocycles. The predicted molar refractivity (Wildman–Crippen MR) is 87.2 cm³/mol. The molecule has 0 radical (unpaired) electrons. The number of halogens is 3. The Bertz CT molecular complexity index is 814.